The van der Waals surface area contributed by atoms with E-state index in [1.807, 2.05) is 27.9 Å². The number of nitrogens with one attached hydrogen (secondary N) is 2. The molecule has 50 heavy (non-hydrogen) atoms. The molecule has 2 heterocycles. The number of carbonyl (C=O) groups is 2. The van der Waals surface area contributed by atoms with Crippen LogP contribution in [0, 0.1) is 39.7 Å². The van der Waals surface area contributed by atoms with Crippen molar-refractivity contribution in [1.82, 2.24) is 20.5 Å². The van der Waals surface area contributed by atoms with Crippen LogP contribution in [0.25, 0.3) is 0 Å². The molecule has 4 rings (SSSR count). The summed E-state index contributed by atoms with van der Waals surface area (Å²) in [4.78, 5) is 40.7. The molecule has 14 heteroatoms. The standard InChI is InChI=1S/C24H36O5.C12H21N5O2S2/c1-5-15(3)24(27)29-21-11-14(2)10-17-7-6-16(4)20(23(17)21)9-8-19-12-18(25)13-22(26)28-19;1-13-11(6-17(18)19)14-4-5-20-8-10-9-21-12(15-10)7-16(2)3/h6-7,10,14-16,18-21,23,25H,5,8-9,11-13H2,1-4H3;6,9,13-14H,4-5,7-8H2,1-3H3/b;11-6+/t14-,15-,16-,18+,19+,20-,21-,23-;/m0./s1. The molecule has 280 valence electrons. The number of aromatic nitrogens is 1. The van der Waals surface area contributed by atoms with Crippen molar-refractivity contribution in [2.24, 2.45) is 29.6 Å². The zero-order valence-corrected chi connectivity index (χ0v) is 32.3. The van der Waals surface area contributed by atoms with Gasteiger partial charge in [0.1, 0.15) is 17.2 Å². The number of cyclic esters (lactones) is 1. The Kier molecular flexibility index (Phi) is 17.3. The van der Waals surface area contributed by atoms with Crippen LogP contribution in [0.3, 0.4) is 0 Å². The number of aliphatic hydroxyl groups excluding tert-OH is 1. The average molecular weight is 736 g/mol. The summed E-state index contributed by atoms with van der Waals surface area (Å²) in [6.45, 7) is 9.86. The molecule has 1 saturated heterocycles. The normalized spacial score (nSPS) is 26.9. The molecule has 8 atom stereocenters. The number of nitro groups is 1. The Morgan fingerprint density at radius 2 is 2.08 bits per heavy atom. The van der Waals surface area contributed by atoms with Gasteiger partial charge in [-0.1, -0.05) is 45.9 Å². The Hall–Kier alpha value is -2.94. The molecule has 0 spiro atoms. The second kappa shape index (κ2) is 20.8. The Balaban J connectivity index is 0.000000286. The van der Waals surface area contributed by atoms with E-state index in [-0.39, 0.29) is 42.4 Å². The van der Waals surface area contributed by atoms with Crippen molar-refractivity contribution in [3.8, 4) is 0 Å². The predicted octanol–water partition coefficient (Wildman–Crippen LogP) is 5.52. The summed E-state index contributed by atoms with van der Waals surface area (Å²) in [6, 6.07) is 0. The van der Waals surface area contributed by atoms with Crippen LogP contribution >= 0.6 is 23.1 Å². The summed E-state index contributed by atoms with van der Waals surface area (Å²) in [7, 11) is 5.70. The number of allylic oxidation sites excluding steroid dienone is 3. The maximum atomic E-state index is 12.5. The molecule has 3 N–H and O–H groups in total. The quantitative estimate of drug-likeness (QED) is 0.0848. The minimum Gasteiger partial charge on any atom is -0.462 e. The molecule has 0 amide bonds. The molecule has 0 radical (unpaired) electrons. The number of ether oxygens (including phenoxy) is 2. The van der Waals surface area contributed by atoms with E-state index < -0.39 is 11.0 Å². The molecule has 3 aliphatic rings. The second-order valence-corrected chi connectivity index (χ2v) is 15.9. The number of esters is 2. The van der Waals surface area contributed by atoms with Crippen molar-refractivity contribution in [2.45, 2.75) is 96.8 Å². The third-order valence-corrected chi connectivity index (χ3v) is 11.2. The van der Waals surface area contributed by atoms with Gasteiger partial charge in [-0.15, -0.1) is 11.3 Å². The zero-order valence-electron chi connectivity index (χ0n) is 30.6. The van der Waals surface area contributed by atoms with Crippen LogP contribution in [0.4, 0.5) is 0 Å². The monoisotopic (exact) mass is 735 g/mol. The fourth-order valence-corrected chi connectivity index (χ4v) is 8.33. The first-order chi connectivity index (χ1) is 23.8. The number of carbonyl (C=O) groups excluding carboxylic acids is 2. The van der Waals surface area contributed by atoms with Crippen LogP contribution < -0.4 is 10.6 Å². The summed E-state index contributed by atoms with van der Waals surface area (Å²) in [5, 5.41) is 29.2. The van der Waals surface area contributed by atoms with Gasteiger partial charge < -0.3 is 30.1 Å². The number of aliphatic hydroxyl groups is 1. The highest BCUT2D eigenvalue weighted by molar-refractivity contribution is 7.98. The highest BCUT2D eigenvalue weighted by atomic mass is 32.2. The summed E-state index contributed by atoms with van der Waals surface area (Å²) in [6.07, 6.45) is 10.6. The lowest BCUT2D eigenvalue weighted by atomic mass is 9.65. The number of nitrogens with zero attached hydrogens (tertiary/aromatic N) is 3. The molecule has 1 aromatic heterocycles. The van der Waals surface area contributed by atoms with E-state index in [9.17, 15) is 24.8 Å². The highest BCUT2D eigenvalue weighted by Crippen LogP contribution is 2.45. The van der Waals surface area contributed by atoms with E-state index in [1.165, 1.54) is 5.57 Å². The van der Waals surface area contributed by atoms with Crippen molar-refractivity contribution in [2.75, 3.05) is 33.4 Å². The molecule has 12 nitrogen and oxygen atoms in total. The van der Waals surface area contributed by atoms with Gasteiger partial charge in [0.15, 0.2) is 5.82 Å². The molecule has 2 aliphatic carbocycles. The van der Waals surface area contributed by atoms with E-state index in [2.05, 4.69) is 58.0 Å². The first kappa shape index (κ1) is 41.5. The number of thiazole rings is 1. The third kappa shape index (κ3) is 13.6. The lowest BCUT2D eigenvalue weighted by Crippen LogP contribution is -2.42. The first-order valence-electron chi connectivity index (χ1n) is 17.7. The van der Waals surface area contributed by atoms with E-state index in [0.717, 1.165) is 60.6 Å². The van der Waals surface area contributed by atoms with Crippen molar-refractivity contribution < 1.29 is 29.1 Å². The van der Waals surface area contributed by atoms with E-state index in [0.29, 0.717) is 36.5 Å². The minimum absolute atomic E-state index is 0.0854. The predicted molar refractivity (Wildman–Crippen MR) is 199 cm³/mol. The Bertz CT molecular complexity index is 1350. The zero-order chi connectivity index (χ0) is 36.8. The molecular weight excluding hydrogens is 679 g/mol. The number of hydrogen-bond acceptors (Lipinski definition) is 13. The topological polar surface area (TPSA) is 156 Å². The maximum Gasteiger partial charge on any atom is 0.308 e. The van der Waals surface area contributed by atoms with Gasteiger partial charge in [-0.05, 0) is 63.1 Å². The van der Waals surface area contributed by atoms with Crippen LogP contribution in [0.5, 0.6) is 0 Å². The SMILES string of the molecule is CC[C@H](C)C(=O)O[C@H]1C[C@@H](C)C=C2C=C[C@H](C)[C@H](CC[C@@H]3C[C@@H](O)CC(=O)O3)[C@H]21.CN/C(=C\[N+](=O)[O-])NCCSCc1csc(CN(C)C)n1. The van der Waals surface area contributed by atoms with Gasteiger partial charge in [0.2, 0.25) is 0 Å². The van der Waals surface area contributed by atoms with Gasteiger partial charge in [0.05, 0.1) is 29.1 Å². The van der Waals surface area contributed by atoms with Crippen molar-refractivity contribution in [3.05, 3.63) is 62.0 Å². The molecule has 1 aliphatic heterocycles. The maximum absolute atomic E-state index is 12.5. The van der Waals surface area contributed by atoms with Gasteiger partial charge >= 0.3 is 11.9 Å². The Morgan fingerprint density at radius 1 is 1.32 bits per heavy atom. The van der Waals surface area contributed by atoms with Crippen LogP contribution in [-0.2, 0) is 31.4 Å². The smallest absolute Gasteiger partial charge is 0.308 e. The highest BCUT2D eigenvalue weighted by Gasteiger charge is 2.42. The van der Waals surface area contributed by atoms with Crippen LogP contribution in [-0.4, -0.2) is 83.6 Å². The van der Waals surface area contributed by atoms with Crippen LogP contribution in [0.2, 0.25) is 0 Å². The number of rotatable bonds is 16. The molecular formula is C36H57N5O7S2. The molecule has 0 aromatic carbocycles. The summed E-state index contributed by atoms with van der Waals surface area (Å²) >= 11 is 3.43. The lowest BCUT2D eigenvalue weighted by molar-refractivity contribution is -0.404. The number of fused-ring (bicyclic) bond motifs is 1. The Morgan fingerprint density at radius 3 is 2.74 bits per heavy atom. The lowest BCUT2D eigenvalue weighted by Gasteiger charge is -2.43. The first-order valence-corrected chi connectivity index (χ1v) is 19.7. The third-order valence-electron chi connectivity index (χ3n) is 9.30. The minimum atomic E-state index is -0.597. The fourth-order valence-electron chi connectivity index (χ4n) is 6.57. The van der Waals surface area contributed by atoms with E-state index in [4.69, 9.17) is 9.47 Å². The van der Waals surface area contributed by atoms with Crippen LogP contribution in [0.1, 0.15) is 76.9 Å². The van der Waals surface area contributed by atoms with Gasteiger partial charge in [0, 0.05) is 49.4 Å². The summed E-state index contributed by atoms with van der Waals surface area (Å²) in [5.74, 6) is 2.89. The van der Waals surface area contributed by atoms with Gasteiger partial charge in [-0.2, -0.15) is 11.8 Å². The second-order valence-electron chi connectivity index (χ2n) is 13.9. The van der Waals surface area contributed by atoms with Gasteiger partial charge in [0.25, 0.3) is 6.20 Å². The van der Waals surface area contributed by atoms with Crippen molar-refractivity contribution in [3.63, 3.8) is 0 Å². The molecule has 0 bridgehead atoms. The van der Waals surface area contributed by atoms with Crippen LogP contribution in [0.15, 0.2) is 41.2 Å². The number of thioether (sulfide) groups is 1. The van der Waals surface area contributed by atoms with Gasteiger partial charge in [-0.25, -0.2) is 4.98 Å². The molecule has 0 unspecified atom stereocenters. The van der Waals surface area contributed by atoms with Gasteiger partial charge in [-0.3, -0.25) is 19.7 Å². The van der Waals surface area contributed by atoms with E-state index >= 15 is 0 Å². The van der Waals surface area contributed by atoms with E-state index in [1.54, 1.807) is 30.1 Å². The average Bonchev–Trinajstić information content (AvgIpc) is 3.49. The number of hydrogen-bond donors (Lipinski definition) is 3. The van der Waals surface area contributed by atoms with Crippen molar-refractivity contribution in [1.29, 1.82) is 0 Å². The largest absolute Gasteiger partial charge is 0.462 e. The molecule has 0 saturated carbocycles. The molecule has 1 aromatic rings. The Labute approximate surface area is 305 Å². The summed E-state index contributed by atoms with van der Waals surface area (Å²) < 4.78 is 11.5. The molecule has 1 fully saturated rings. The summed E-state index contributed by atoms with van der Waals surface area (Å²) in [5.41, 5.74) is 2.37. The fraction of sp³-hybridized carbons (Fsp3) is 0.694. The van der Waals surface area contributed by atoms with Crippen molar-refractivity contribution >= 4 is 35.0 Å².